The van der Waals surface area contributed by atoms with Gasteiger partial charge in [0.2, 0.25) is 0 Å². The van der Waals surface area contributed by atoms with Gasteiger partial charge in [-0.15, -0.1) is 6.58 Å². The van der Waals surface area contributed by atoms with Gasteiger partial charge in [0.05, 0.1) is 17.6 Å². The number of pyridine rings is 1. The maximum absolute atomic E-state index is 13.5. The molecule has 32 heavy (non-hydrogen) atoms. The SMILES string of the molecule is C=CCn1cc(C(=O)N(C)[C@H]2C=CN([C@@H](C)c3ccccc3)CC2)c2cc(C)[nH]c2c1=O. The maximum Gasteiger partial charge on any atom is 0.275 e. The molecule has 0 unspecified atom stereocenters. The van der Waals surface area contributed by atoms with E-state index in [1.807, 2.05) is 26.1 Å². The van der Waals surface area contributed by atoms with Crippen molar-refractivity contribution in [3.8, 4) is 0 Å². The third-order valence-corrected chi connectivity index (χ3v) is 6.34. The van der Waals surface area contributed by atoms with Crippen molar-refractivity contribution in [2.45, 2.75) is 38.9 Å². The highest BCUT2D eigenvalue weighted by atomic mass is 16.2. The highest BCUT2D eigenvalue weighted by Gasteiger charge is 2.26. The largest absolute Gasteiger partial charge is 0.371 e. The summed E-state index contributed by atoms with van der Waals surface area (Å²) < 4.78 is 1.53. The summed E-state index contributed by atoms with van der Waals surface area (Å²) in [7, 11) is 1.84. The van der Waals surface area contributed by atoms with Gasteiger partial charge in [-0.05, 0) is 44.2 Å². The predicted octanol–water partition coefficient (Wildman–Crippen LogP) is 4.25. The van der Waals surface area contributed by atoms with E-state index in [2.05, 4.69) is 59.9 Å². The molecular formula is C26H30N4O2. The molecular weight excluding hydrogens is 400 g/mol. The zero-order valence-electron chi connectivity index (χ0n) is 18.9. The van der Waals surface area contributed by atoms with Crippen LogP contribution in [-0.4, -0.2) is 44.9 Å². The molecule has 0 spiro atoms. The predicted molar refractivity (Wildman–Crippen MR) is 129 cm³/mol. The Morgan fingerprint density at radius 2 is 2.09 bits per heavy atom. The Morgan fingerprint density at radius 3 is 2.75 bits per heavy atom. The first kappa shape index (κ1) is 21.7. The monoisotopic (exact) mass is 430 g/mol. The summed E-state index contributed by atoms with van der Waals surface area (Å²) in [5.41, 5.74) is 2.98. The van der Waals surface area contributed by atoms with E-state index in [-0.39, 0.29) is 23.6 Å². The van der Waals surface area contributed by atoms with Crippen LogP contribution in [-0.2, 0) is 6.54 Å². The number of likely N-dealkylation sites (N-methyl/N-ethyl adjacent to an activating group) is 1. The van der Waals surface area contributed by atoms with Crippen molar-refractivity contribution in [3.05, 3.63) is 94.7 Å². The van der Waals surface area contributed by atoms with E-state index >= 15 is 0 Å². The van der Waals surface area contributed by atoms with Crippen LogP contribution in [0.15, 0.2) is 72.3 Å². The lowest BCUT2D eigenvalue weighted by Gasteiger charge is -2.36. The second-order valence-corrected chi connectivity index (χ2v) is 8.47. The molecule has 0 radical (unpaired) electrons. The van der Waals surface area contributed by atoms with Crippen molar-refractivity contribution >= 4 is 16.8 Å². The molecule has 0 aliphatic carbocycles. The summed E-state index contributed by atoms with van der Waals surface area (Å²) in [5, 5.41) is 0.670. The van der Waals surface area contributed by atoms with Crippen molar-refractivity contribution in [2.24, 2.45) is 0 Å². The number of rotatable bonds is 6. The van der Waals surface area contributed by atoms with E-state index < -0.39 is 0 Å². The highest BCUT2D eigenvalue weighted by molar-refractivity contribution is 6.06. The van der Waals surface area contributed by atoms with Crippen molar-refractivity contribution < 1.29 is 4.79 Å². The number of amides is 1. The van der Waals surface area contributed by atoms with Crippen LogP contribution in [0.25, 0.3) is 10.9 Å². The number of nitrogens with one attached hydrogen (secondary N) is 1. The number of hydrogen-bond donors (Lipinski definition) is 1. The van der Waals surface area contributed by atoms with Crippen LogP contribution in [0.4, 0.5) is 0 Å². The molecule has 0 bridgehead atoms. The van der Waals surface area contributed by atoms with Gasteiger partial charge in [-0.3, -0.25) is 9.59 Å². The molecule has 6 heteroatoms. The lowest BCUT2D eigenvalue weighted by molar-refractivity contribution is 0.0739. The van der Waals surface area contributed by atoms with Crippen LogP contribution in [0.2, 0.25) is 0 Å². The summed E-state index contributed by atoms with van der Waals surface area (Å²) in [4.78, 5) is 33.4. The molecule has 3 aromatic rings. The summed E-state index contributed by atoms with van der Waals surface area (Å²) >= 11 is 0. The number of benzene rings is 1. The van der Waals surface area contributed by atoms with E-state index in [4.69, 9.17) is 0 Å². The van der Waals surface area contributed by atoms with Crippen molar-refractivity contribution in [2.75, 3.05) is 13.6 Å². The first-order valence-electron chi connectivity index (χ1n) is 11.0. The fourth-order valence-corrected chi connectivity index (χ4v) is 4.41. The van der Waals surface area contributed by atoms with Gasteiger partial charge in [0.25, 0.3) is 11.5 Å². The van der Waals surface area contributed by atoms with Crippen LogP contribution in [0.3, 0.4) is 0 Å². The number of H-pyrrole nitrogens is 1. The smallest absolute Gasteiger partial charge is 0.275 e. The van der Waals surface area contributed by atoms with Crippen molar-refractivity contribution in [1.29, 1.82) is 0 Å². The Labute approximate surface area is 188 Å². The second kappa shape index (κ2) is 8.91. The number of allylic oxidation sites excluding steroid dienone is 1. The number of carbonyl (C=O) groups excluding carboxylic acids is 1. The van der Waals surface area contributed by atoms with E-state index in [1.165, 1.54) is 10.1 Å². The van der Waals surface area contributed by atoms with Crippen LogP contribution in [0.5, 0.6) is 0 Å². The summed E-state index contributed by atoms with van der Waals surface area (Å²) in [5.74, 6) is -0.0916. The zero-order valence-corrected chi connectivity index (χ0v) is 18.9. The van der Waals surface area contributed by atoms with Gasteiger partial charge in [0, 0.05) is 37.4 Å². The summed E-state index contributed by atoms with van der Waals surface area (Å²) in [6.07, 6.45) is 8.37. The lowest BCUT2D eigenvalue weighted by Crippen LogP contribution is -2.41. The van der Waals surface area contributed by atoms with Gasteiger partial charge < -0.3 is 19.4 Å². The second-order valence-electron chi connectivity index (χ2n) is 8.47. The zero-order chi connectivity index (χ0) is 22.8. The van der Waals surface area contributed by atoms with E-state index in [0.29, 0.717) is 23.0 Å². The van der Waals surface area contributed by atoms with E-state index in [0.717, 1.165) is 18.7 Å². The number of nitrogens with zero attached hydrogens (tertiary/aromatic N) is 3. The molecule has 3 heterocycles. The molecule has 1 aliphatic rings. The molecule has 4 rings (SSSR count). The molecule has 1 amide bonds. The average Bonchev–Trinajstić information content (AvgIpc) is 3.22. The van der Waals surface area contributed by atoms with E-state index in [9.17, 15) is 9.59 Å². The normalized spacial score (nSPS) is 16.8. The number of hydrogen-bond acceptors (Lipinski definition) is 3. The van der Waals surface area contributed by atoms with Crippen LogP contribution >= 0.6 is 0 Å². The fraction of sp³-hybridized carbons (Fsp3) is 0.308. The summed E-state index contributed by atoms with van der Waals surface area (Å²) in [6.45, 7) is 9.04. The Kier molecular flexibility index (Phi) is 6.04. The van der Waals surface area contributed by atoms with Crippen LogP contribution < -0.4 is 5.56 Å². The minimum absolute atomic E-state index is 0.00315. The van der Waals surface area contributed by atoms with Crippen molar-refractivity contribution in [3.63, 3.8) is 0 Å². The number of aryl methyl sites for hydroxylation is 1. The Morgan fingerprint density at radius 1 is 1.34 bits per heavy atom. The number of fused-ring (bicyclic) bond motifs is 1. The Hall–Kier alpha value is -3.54. The minimum atomic E-state index is -0.143. The minimum Gasteiger partial charge on any atom is -0.371 e. The molecule has 2 atom stereocenters. The Balaban J connectivity index is 1.58. The number of aromatic amines is 1. The molecule has 1 aliphatic heterocycles. The van der Waals surface area contributed by atoms with Gasteiger partial charge in [0.1, 0.15) is 5.52 Å². The van der Waals surface area contributed by atoms with Gasteiger partial charge >= 0.3 is 0 Å². The molecule has 0 saturated carbocycles. The number of aromatic nitrogens is 2. The van der Waals surface area contributed by atoms with E-state index in [1.54, 1.807) is 17.2 Å². The van der Waals surface area contributed by atoms with Gasteiger partial charge in [-0.1, -0.05) is 36.4 Å². The maximum atomic E-state index is 13.5. The van der Waals surface area contributed by atoms with Gasteiger partial charge in [-0.2, -0.15) is 0 Å². The first-order chi connectivity index (χ1) is 15.4. The molecule has 0 saturated heterocycles. The van der Waals surface area contributed by atoms with Crippen molar-refractivity contribution in [1.82, 2.24) is 19.4 Å². The lowest BCUT2D eigenvalue weighted by atomic mass is 10.0. The van der Waals surface area contributed by atoms with Crippen LogP contribution in [0, 0.1) is 6.92 Å². The molecule has 166 valence electrons. The third-order valence-electron chi connectivity index (χ3n) is 6.34. The topological polar surface area (TPSA) is 61.3 Å². The fourth-order valence-electron chi connectivity index (χ4n) is 4.41. The quantitative estimate of drug-likeness (QED) is 0.595. The molecule has 1 aromatic carbocycles. The van der Waals surface area contributed by atoms with Crippen LogP contribution in [0.1, 0.15) is 41.0 Å². The molecule has 0 fully saturated rings. The number of carbonyl (C=O) groups is 1. The highest BCUT2D eigenvalue weighted by Crippen LogP contribution is 2.26. The first-order valence-corrected chi connectivity index (χ1v) is 11.0. The van der Waals surface area contributed by atoms with Gasteiger partial charge in [0.15, 0.2) is 0 Å². The standard InChI is InChI=1S/C26H30N4O2/c1-5-13-30-17-23(22-16-18(2)27-24(22)26(30)32)25(31)28(4)21-11-14-29(15-12-21)19(3)20-9-7-6-8-10-20/h5-11,14,16-17,19,21,27H,1,12-13,15H2,2-4H3/t19-,21-/m0/s1. The molecule has 6 nitrogen and oxygen atoms in total. The average molecular weight is 431 g/mol. The Bertz CT molecular complexity index is 1220. The van der Waals surface area contributed by atoms with Gasteiger partial charge in [-0.25, -0.2) is 0 Å². The third kappa shape index (κ3) is 4.00. The molecule has 1 N–H and O–H groups in total. The molecule has 2 aromatic heterocycles. The summed E-state index contributed by atoms with van der Waals surface area (Å²) in [6, 6.07) is 12.6.